The summed E-state index contributed by atoms with van der Waals surface area (Å²) in [5.41, 5.74) is 1.81. The quantitative estimate of drug-likeness (QED) is 0.892. The van der Waals surface area contributed by atoms with Crippen molar-refractivity contribution in [2.45, 2.75) is 25.6 Å². The molecule has 0 radical (unpaired) electrons. The van der Waals surface area contributed by atoms with Gasteiger partial charge in [-0.3, -0.25) is 0 Å². The summed E-state index contributed by atoms with van der Waals surface area (Å²) in [5, 5.41) is 10.4. The summed E-state index contributed by atoms with van der Waals surface area (Å²) < 4.78 is 12.7. The van der Waals surface area contributed by atoms with Gasteiger partial charge in [0, 0.05) is 22.0 Å². The van der Waals surface area contributed by atoms with Crippen LogP contribution in [0.15, 0.2) is 46.9 Å². The number of fused-ring (bicyclic) bond motifs is 1. The summed E-state index contributed by atoms with van der Waals surface area (Å²) in [6.45, 7) is 2.56. The molecule has 4 heteroatoms. The molecule has 0 aromatic heterocycles. The monoisotopic (exact) mass is 348 g/mol. The third kappa shape index (κ3) is 2.92. The SMILES string of the molecule is CCOc1ccccc1C1C[C@H](O)c2ccc(Br)cc2O1. The van der Waals surface area contributed by atoms with E-state index in [0.717, 1.165) is 27.1 Å². The highest BCUT2D eigenvalue weighted by atomic mass is 79.9. The lowest BCUT2D eigenvalue weighted by Gasteiger charge is -2.30. The Balaban J connectivity index is 1.95. The van der Waals surface area contributed by atoms with Gasteiger partial charge < -0.3 is 14.6 Å². The number of hydrogen-bond acceptors (Lipinski definition) is 3. The standard InChI is InChI=1S/C17H17BrO3/c1-2-20-15-6-4-3-5-13(15)17-10-14(19)12-8-7-11(18)9-16(12)21-17/h3-9,14,17,19H,2,10H2,1H3/t14-,17?/m0/s1. The Hall–Kier alpha value is -1.52. The fourth-order valence-corrected chi connectivity index (χ4v) is 2.98. The van der Waals surface area contributed by atoms with Crippen molar-refractivity contribution in [2.24, 2.45) is 0 Å². The highest BCUT2D eigenvalue weighted by molar-refractivity contribution is 9.10. The highest BCUT2D eigenvalue weighted by Crippen LogP contribution is 2.43. The molecule has 0 amide bonds. The van der Waals surface area contributed by atoms with Crippen LogP contribution in [0.2, 0.25) is 0 Å². The van der Waals surface area contributed by atoms with Crippen molar-refractivity contribution >= 4 is 15.9 Å². The predicted octanol–water partition coefficient (Wildman–Crippen LogP) is 4.41. The maximum atomic E-state index is 10.4. The summed E-state index contributed by atoms with van der Waals surface area (Å²) in [6.07, 6.45) is -0.204. The fourth-order valence-electron chi connectivity index (χ4n) is 2.64. The van der Waals surface area contributed by atoms with E-state index >= 15 is 0 Å². The number of aliphatic hydroxyl groups excluding tert-OH is 1. The molecular formula is C17H17BrO3. The van der Waals surface area contributed by atoms with Crippen molar-refractivity contribution in [3.8, 4) is 11.5 Å². The molecule has 110 valence electrons. The van der Waals surface area contributed by atoms with Gasteiger partial charge in [0.15, 0.2) is 0 Å². The average Bonchev–Trinajstić information content (AvgIpc) is 2.47. The lowest BCUT2D eigenvalue weighted by atomic mass is 9.94. The molecule has 21 heavy (non-hydrogen) atoms. The van der Waals surface area contributed by atoms with E-state index in [4.69, 9.17) is 9.47 Å². The predicted molar refractivity (Wildman–Crippen MR) is 84.7 cm³/mol. The minimum absolute atomic E-state index is 0.204. The lowest BCUT2D eigenvalue weighted by Crippen LogP contribution is -2.19. The van der Waals surface area contributed by atoms with Gasteiger partial charge in [-0.1, -0.05) is 40.2 Å². The van der Waals surface area contributed by atoms with Crippen LogP contribution in [0.4, 0.5) is 0 Å². The second kappa shape index (κ2) is 6.08. The molecule has 1 heterocycles. The van der Waals surface area contributed by atoms with Crippen LogP contribution >= 0.6 is 15.9 Å². The summed E-state index contributed by atoms with van der Waals surface area (Å²) in [6, 6.07) is 13.5. The molecule has 1 unspecified atom stereocenters. The Kier molecular flexibility index (Phi) is 4.17. The van der Waals surface area contributed by atoms with Crippen molar-refractivity contribution in [1.82, 2.24) is 0 Å². The molecule has 0 saturated carbocycles. The molecule has 0 aliphatic carbocycles. The average molecular weight is 349 g/mol. The van der Waals surface area contributed by atoms with Crippen LogP contribution < -0.4 is 9.47 Å². The van der Waals surface area contributed by atoms with Gasteiger partial charge in [0.05, 0.1) is 12.7 Å². The second-order valence-corrected chi connectivity index (χ2v) is 5.93. The first-order valence-corrected chi connectivity index (χ1v) is 7.84. The first-order valence-electron chi connectivity index (χ1n) is 7.05. The van der Waals surface area contributed by atoms with Gasteiger partial charge in [0.25, 0.3) is 0 Å². The van der Waals surface area contributed by atoms with Gasteiger partial charge in [-0.25, -0.2) is 0 Å². The van der Waals surface area contributed by atoms with Gasteiger partial charge in [-0.05, 0) is 25.1 Å². The zero-order valence-corrected chi connectivity index (χ0v) is 13.3. The van der Waals surface area contributed by atoms with Crippen molar-refractivity contribution in [2.75, 3.05) is 6.61 Å². The van der Waals surface area contributed by atoms with E-state index in [1.54, 1.807) is 0 Å². The largest absolute Gasteiger partial charge is 0.493 e. The van der Waals surface area contributed by atoms with Crippen molar-refractivity contribution in [3.05, 3.63) is 58.1 Å². The number of hydrogen-bond donors (Lipinski definition) is 1. The Bertz CT molecular complexity index is 642. The molecule has 0 bridgehead atoms. The number of ether oxygens (including phenoxy) is 2. The van der Waals surface area contributed by atoms with Crippen LogP contribution in [-0.2, 0) is 0 Å². The second-order valence-electron chi connectivity index (χ2n) is 5.01. The highest BCUT2D eigenvalue weighted by Gasteiger charge is 2.29. The van der Waals surface area contributed by atoms with Crippen LogP contribution in [0.25, 0.3) is 0 Å². The Morgan fingerprint density at radius 2 is 2.05 bits per heavy atom. The first kappa shape index (κ1) is 14.4. The van der Waals surface area contributed by atoms with Gasteiger partial charge >= 0.3 is 0 Å². The van der Waals surface area contributed by atoms with Crippen molar-refractivity contribution < 1.29 is 14.6 Å². The topological polar surface area (TPSA) is 38.7 Å². The third-order valence-electron chi connectivity index (χ3n) is 3.61. The maximum Gasteiger partial charge on any atom is 0.130 e. The molecule has 0 saturated heterocycles. The van der Waals surface area contributed by atoms with Crippen LogP contribution in [0.5, 0.6) is 11.5 Å². The smallest absolute Gasteiger partial charge is 0.130 e. The first-order chi connectivity index (χ1) is 10.2. The summed E-state index contributed by atoms with van der Waals surface area (Å²) in [7, 11) is 0. The van der Waals surface area contributed by atoms with Crippen LogP contribution in [0, 0.1) is 0 Å². The molecular weight excluding hydrogens is 332 g/mol. The van der Waals surface area contributed by atoms with Crippen LogP contribution in [0.1, 0.15) is 36.7 Å². The van der Waals surface area contributed by atoms with E-state index in [1.165, 1.54) is 0 Å². The molecule has 0 fully saturated rings. The van der Waals surface area contributed by atoms with Gasteiger partial charge in [0.1, 0.15) is 17.6 Å². The Morgan fingerprint density at radius 3 is 2.86 bits per heavy atom. The zero-order valence-electron chi connectivity index (χ0n) is 11.8. The Labute approximate surface area is 132 Å². The molecule has 2 aromatic rings. The molecule has 1 aliphatic rings. The molecule has 1 N–H and O–H groups in total. The number of para-hydroxylation sites is 1. The van der Waals surface area contributed by atoms with Crippen LogP contribution in [0.3, 0.4) is 0 Å². The minimum atomic E-state index is -0.526. The Morgan fingerprint density at radius 1 is 1.24 bits per heavy atom. The van der Waals surface area contributed by atoms with Gasteiger partial charge in [0.2, 0.25) is 0 Å². The molecule has 0 spiro atoms. The molecule has 3 nitrogen and oxygen atoms in total. The van der Waals surface area contributed by atoms with Crippen molar-refractivity contribution in [1.29, 1.82) is 0 Å². The van der Waals surface area contributed by atoms with E-state index in [1.807, 2.05) is 49.4 Å². The third-order valence-corrected chi connectivity index (χ3v) is 4.10. The molecule has 3 rings (SSSR count). The van der Waals surface area contributed by atoms with E-state index in [2.05, 4.69) is 15.9 Å². The number of halogens is 1. The summed E-state index contributed by atoms with van der Waals surface area (Å²) in [4.78, 5) is 0. The van der Waals surface area contributed by atoms with E-state index < -0.39 is 6.10 Å². The molecule has 1 aliphatic heterocycles. The molecule has 2 atom stereocenters. The van der Waals surface area contributed by atoms with E-state index in [0.29, 0.717) is 13.0 Å². The van der Waals surface area contributed by atoms with Crippen LogP contribution in [-0.4, -0.2) is 11.7 Å². The molecule has 2 aromatic carbocycles. The van der Waals surface area contributed by atoms with Gasteiger partial charge in [-0.15, -0.1) is 0 Å². The summed E-state index contributed by atoms with van der Waals surface area (Å²) >= 11 is 3.44. The van der Waals surface area contributed by atoms with Gasteiger partial charge in [-0.2, -0.15) is 0 Å². The summed E-state index contributed by atoms with van der Waals surface area (Å²) in [5.74, 6) is 1.54. The normalized spacial score (nSPS) is 20.5. The maximum absolute atomic E-state index is 10.4. The number of aliphatic hydroxyl groups is 1. The zero-order chi connectivity index (χ0) is 14.8. The van der Waals surface area contributed by atoms with E-state index in [9.17, 15) is 5.11 Å². The van der Waals surface area contributed by atoms with E-state index in [-0.39, 0.29) is 6.10 Å². The minimum Gasteiger partial charge on any atom is -0.493 e. The fraction of sp³-hybridized carbons (Fsp3) is 0.294. The lowest BCUT2D eigenvalue weighted by molar-refractivity contribution is 0.0642. The van der Waals surface area contributed by atoms with Crippen molar-refractivity contribution in [3.63, 3.8) is 0 Å². The number of rotatable bonds is 3. The number of benzene rings is 2.